The molecule has 0 aromatic rings. The summed E-state index contributed by atoms with van der Waals surface area (Å²) in [7, 11) is 0. The van der Waals surface area contributed by atoms with Crippen molar-refractivity contribution in [1.82, 2.24) is 0 Å². The highest BCUT2D eigenvalue weighted by Crippen LogP contribution is 1.83. The predicted molar refractivity (Wildman–Crippen MR) is 61.3 cm³/mol. The van der Waals surface area contributed by atoms with E-state index in [2.05, 4.69) is 4.74 Å². The number of carbonyl (C=O) groups is 1. The van der Waals surface area contributed by atoms with Gasteiger partial charge in [-0.1, -0.05) is 0 Å². The Morgan fingerprint density at radius 2 is 1.88 bits per heavy atom. The molecule has 1 N–H and O–H groups in total. The second-order valence-corrected chi connectivity index (χ2v) is 3.18. The van der Waals surface area contributed by atoms with E-state index in [4.69, 9.17) is 14.6 Å². The fraction of sp³-hybridized carbons (Fsp3) is 0.909. The maximum Gasteiger partial charge on any atom is 0.302 e. The van der Waals surface area contributed by atoms with E-state index in [-0.39, 0.29) is 18.7 Å². The van der Waals surface area contributed by atoms with Gasteiger partial charge in [0.2, 0.25) is 0 Å². The minimum atomic E-state index is -0.255. The zero-order chi connectivity index (χ0) is 12.8. The number of esters is 1. The molecule has 0 unspecified atom stereocenters. The van der Waals surface area contributed by atoms with Gasteiger partial charge in [-0.2, -0.15) is 0 Å². The lowest BCUT2D eigenvalue weighted by Crippen LogP contribution is -2.06. The molecule has 0 aliphatic heterocycles. The average molecular weight is 236 g/mol. The Hall–Kier alpha value is -0.650. The maximum absolute atomic E-state index is 10.1. The van der Waals surface area contributed by atoms with Gasteiger partial charge in [-0.15, -0.1) is 0 Å². The first kappa shape index (κ1) is 17.7. The van der Waals surface area contributed by atoms with Gasteiger partial charge >= 0.3 is 5.97 Å². The highest BCUT2D eigenvalue weighted by molar-refractivity contribution is 5.65. The van der Waals surface area contributed by atoms with E-state index in [0.29, 0.717) is 26.4 Å². The van der Waals surface area contributed by atoms with Crippen molar-refractivity contribution in [3.8, 4) is 0 Å². The second-order valence-electron chi connectivity index (χ2n) is 3.18. The summed E-state index contributed by atoms with van der Waals surface area (Å²) in [5, 5.41) is 8.19. The monoisotopic (exact) mass is 236 g/mol. The summed E-state index contributed by atoms with van der Waals surface area (Å²) in [6, 6.07) is 0. The fourth-order valence-corrected chi connectivity index (χ4v) is 0.677. The van der Waals surface area contributed by atoms with Crippen LogP contribution < -0.4 is 0 Å². The molecular formula is C11H24O5. The van der Waals surface area contributed by atoms with Crippen LogP contribution in [0.15, 0.2) is 0 Å². The van der Waals surface area contributed by atoms with Crippen LogP contribution in [0.1, 0.15) is 27.7 Å². The number of ether oxygens (including phenoxy) is 3. The van der Waals surface area contributed by atoms with Gasteiger partial charge in [-0.3, -0.25) is 4.79 Å². The fourth-order valence-electron chi connectivity index (χ4n) is 0.677. The Labute approximate surface area is 97.7 Å². The number of hydrogen-bond acceptors (Lipinski definition) is 5. The van der Waals surface area contributed by atoms with Crippen molar-refractivity contribution in [1.29, 1.82) is 0 Å². The molecule has 0 heterocycles. The number of rotatable bonds is 7. The first-order chi connectivity index (χ1) is 7.54. The topological polar surface area (TPSA) is 65.0 Å². The SMILES string of the molecule is CC(C)OCCO.CCOCCOC(C)=O. The third-order valence-corrected chi connectivity index (χ3v) is 1.28. The highest BCUT2D eigenvalue weighted by Gasteiger charge is 1.89. The first-order valence-corrected chi connectivity index (χ1v) is 5.48. The molecule has 0 radical (unpaired) electrons. The Balaban J connectivity index is 0. The molecule has 0 saturated heterocycles. The maximum atomic E-state index is 10.1. The summed E-state index contributed by atoms with van der Waals surface area (Å²) in [5.41, 5.74) is 0. The van der Waals surface area contributed by atoms with E-state index in [9.17, 15) is 4.79 Å². The van der Waals surface area contributed by atoms with Crippen molar-refractivity contribution < 1.29 is 24.1 Å². The lowest BCUT2D eigenvalue weighted by molar-refractivity contribution is -0.142. The molecule has 0 aliphatic carbocycles. The van der Waals surface area contributed by atoms with E-state index in [0.717, 1.165) is 0 Å². The van der Waals surface area contributed by atoms with Crippen LogP contribution in [0.3, 0.4) is 0 Å². The Kier molecular flexibility index (Phi) is 15.9. The van der Waals surface area contributed by atoms with E-state index in [1.165, 1.54) is 6.92 Å². The summed E-state index contributed by atoms with van der Waals surface area (Å²) in [6.07, 6.45) is 0.243. The summed E-state index contributed by atoms with van der Waals surface area (Å²) < 4.78 is 14.4. The van der Waals surface area contributed by atoms with Crippen molar-refractivity contribution in [2.45, 2.75) is 33.8 Å². The molecule has 0 atom stereocenters. The molecule has 0 aromatic carbocycles. The zero-order valence-electron chi connectivity index (χ0n) is 10.7. The Morgan fingerprint density at radius 1 is 1.25 bits per heavy atom. The lowest BCUT2D eigenvalue weighted by atomic mass is 10.5. The summed E-state index contributed by atoms with van der Waals surface area (Å²) >= 11 is 0. The van der Waals surface area contributed by atoms with Crippen LogP contribution in [-0.2, 0) is 19.0 Å². The molecule has 0 amide bonds. The molecule has 5 nitrogen and oxygen atoms in total. The van der Waals surface area contributed by atoms with Gasteiger partial charge in [0.15, 0.2) is 0 Å². The molecule has 0 spiro atoms. The first-order valence-electron chi connectivity index (χ1n) is 5.48. The minimum Gasteiger partial charge on any atom is -0.463 e. The van der Waals surface area contributed by atoms with E-state index in [1.807, 2.05) is 20.8 Å². The molecule has 0 aromatic heterocycles. The van der Waals surface area contributed by atoms with E-state index in [1.54, 1.807) is 0 Å². The van der Waals surface area contributed by atoms with Crippen LogP contribution in [0, 0.1) is 0 Å². The van der Waals surface area contributed by atoms with Crippen LogP contribution >= 0.6 is 0 Å². The summed E-state index contributed by atoms with van der Waals surface area (Å²) in [6.45, 7) is 9.27. The largest absolute Gasteiger partial charge is 0.463 e. The van der Waals surface area contributed by atoms with Crippen molar-refractivity contribution in [2.24, 2.45) is 0 Å². The van der Waals surface area contributed by atoms with Crippen LogP contribution in [0.25, 0.3) is 0 Å². The van der Waals surface area contributed by atoms with Crippen molar-refractivity contribution in [3.63, 3.8) is 0 Å². The molecule has 0 aliphatic rings. The Bertz CT molecular complexity index is 147. The summed E-state index contributed by atoms with van der Waals surface area (Å²) in [5.74, 6) is -0.255. The summed E-state index contributed by atoms with van der Waals surface area (Å²) in [4.78, 5) is 10.1. The molecule has 16 heavy (non-hydrogen) atoms. The molecule has 0 rings (SSSR count). The van der Waals surface area contributed by atoms with Gasteiger partial charge < -0.3 is 19.3 Å². The van der Waals surface area contributed by atoms with Crippen molar-refractivity contribution >= 4 is 5.97 Å². The molecule has 0 saturated carbocycles. The number of aliphatic hydroxyl groups is 1. The third-order valence-electron chi connectivity index (χ3n) is 1.28. The van der Waals surface area contributed by atoms with Crippen LogP contribution in [0.2, 0.25) is 0 Å². The van der Waals surface area contributed by atoms with Gasteiger partial charge in [-0.05, 0) is 20.8 Å². The molecule has 98 valence electrons. The molecule has 0 bridgehead atoms. The van der Waals surface area contributed by atoms with Crippen molar-refractivity contribution in [2.75, 3.05) is 33.0 Å². The van der Waals surface area contributed by atoms with Gasteiger partial charge in [-0.25, -0.2) is 0 Å². The van der Waals surface area contributed by atoms with Gasteiger partial charge in [0.25, 0.3) is 0 Å². The van der Waals surface area contributed by atoms with Crippen LogP contribution in [-0.4, -0.2) is 50.2 Å². The van der Waals surface area contributed by atoms with Gasteiger partial charge in [0.1, 0.15) is 6.61 Å². The van der Waals surface area contributed by atoms with Crippen LogP contribution in [0.5, 0.6) is 0 Å². The molecular weight excluding hydrogens is 212 g/mol. The highest BCUT2D eigenvalue weighted by atomic mass is 16.6. The number of hydrogen-bond donors (Lipinski definition) is 1. The quantitative estimate of drug-likeness (QED) is 0.527. The zero-order valence-corrected chi connectivity index (χ0v) is 10.7. The third kappa shape index (κ3) is 23.3. The van der Waals surface area contributed by atoms with Gasteiger partial charge in [0.05, 0.1) is 25.9 Å². The Morgan fingerprint density at radius 3 is 2.19 bits per heavy atom. The average Bonchev–Trinajstić information content (AvgIpc) is 2.22. The van der Waals surface area contributed by atoms with E-state index >= 15 is 0 Å². The van der Waals surface area contributed by atoms with Gasteiger partial charge in [0, 0.05) is 13.5 Å². The van der Waals surface area contributed by atoms with Crippen molar-refractivity contribution in [3.05, 3.63) is 0 Å². The lowest BCUT2D eigenvalue weighted by Gasteiger charge is -2.02. The molecule has 5 heteroatoms. The normalized spacial score (nSPS) is 9.62. The van der Waals surface area contributed by atoms with E-state index < -0.39 is 0 Å². The minimum absolute atomic E-state index is 0.123. The standard InChI is InChI=1S/C6H12O3.C5H12O2/c1-3-8-4-5-9-6(2)7;1-5(2)7-4-3-6/h3-5H2,1-2H3;5-6H,3-4H2,1-2H3. The number of aliphatic hydroxyl groups excluding tert-OH is 1. The number of carbonyl (C=O) groups excluding carboxylic acids is 1. The second kappa shape index (κ2) is 14.3. The molecule has 0 fully saturated rings. The smallest absolute Gasteiger partial charge is 0.302 e. The predicted octanol–water partition coefficient (Wildman–Crippen LogP) is 0.990. The van der Waals surface area contributed by atoms with Crippen LogP contribution in [0.4, 0.5) is 0 Å².